The van der Waals surface area contributed by atoms with E-state index in [2.05, 4.69) is 0 Å². The molecule has 1 heterocycles. The Morgan fingerprint density at radius 3 is 2.46 bits per heavy atom. The van der Waals surface area contributed by atoms with Crippen molar-refractivity contribution in [2.45, 2.75) is 51.4 Å². The van der Waals surface area contributed by atoms with Gasteiger partial charge in [0.05, 0.1) is 6.54 Å². The van der Waals surface area contributed by atoms with Crippen molar-refractivity contribution in [3.8, 4) is 0 Å². The van der Waals surface area contributed by atoms with E-state index in [1.165, 1.54) is 0 Å². The third-order valence-electron chi connectivity index (χ3n) is 3.39. The van der Waals surface area contributed by atoms with Gasteiger partial charge in [-0.05, 0) is 26.3 Å². The largest absolute Gasteiger partial charge is 0.459 e. The van der Waals surface area contributed by atoms with Crippen LogP contribution in [0.4, 0.5) is 13.6 Å². The molecule has 0 saturated carbocycles. The van der Waals surface area contributed by atoms with Gasteiger partial charge in [0.1, 0.15) is 18.2 Å². The molecule has 1 aromatic carbocycles. The summed E-state index contributed by atoms with van der Waals surface area (Å²) >= 11 is 0. The fourth-order valence-corrected chi connectivity index (χ4v) is 2.36. The van der Waals surface area contributed by atoms with Gasteiger partial charge in [-0.2, -0.15) is 0 Å². The number of benzene rings is 1. The average Bonchev–Trinajstić information content (AvgIpc) is 2.80. The number of ether oxygens (including phenoxy) is 2. The molecule has 0 bridgehead atoms. The minimum atomic E-state index is -3.15. The number of likely N-dealkylation sites (tertiary alicyclic amines) is 1. The molecule has 24 heavy (non-hydrogen) atoms. The molecule has 0 unspecified atom stereocenters. The van der Waals surface area contributed by atoms with E-state index in [9.17, 15) is 18.4 Å². The third-order valence-corrected chi connectivity index (χ3v) is 3.39. The summed E-state index contributed by atoms with van der Waals surface area (Å²) in [4.78, 5) is 25.0. The summed E-state index contributed by atoms with van der Waals surface area (Å²) in [5.41, 5.74) is -0.104. The quantitative estimate of drug-likeness (QED) is 0.791. The number of halogens is 2. The van der Waals surface area contributed by atoms with E-state index in [1.54, 1.807) is 45.0 Å². The average molecular weight is 341 g/mol. The number of rotatable bonds is 3. The van der Waals surface area contributed by atoms with Crippen LogP contribution in [0, 0.1) is 0 Å². The van der Waals surface area contributed by atoms with Gasteiger partial charge in [0.15, 0.2) is 0 Å². The van der Waals surface area contributed by atoms with Gasteiger partial charge in [0.2, 0.25) is 0 Å². The normalized spacial score (nSPS) is 19.9. The summed E-state index contributed by atoms with van der Waals surface area (Å²) in [5.74, 6) is -4.00. The molecule has 1 atom stereocenters. The van der Waals surface area contributed by atoms with Crippen LogP contribution in [0.25, 0.3) is 0 Å². The Labute approximate surface area is 139 Å². The summed E-state index contributed by atoms with van der Waals surface area (Å²) in [6.45, 7) is 3.99. The SMILES string of the molecule is CC(C)(C)OC(=O)N1CC(F)(F)C[C@H]1C(=O)OCc1ccccc1. The Morgan fingerprint density at radius 1 is 1.25 bits per heavy atom. The van der Waals surface area contributed by atoms with Gasteiger partial charge >= 0.3 is 12.1 Å². The molecule has 0 aliphatic carbocycles. The van der Waals surface area contributed by atoms with Crippen LogP contribution in [-0.2, 0) is 20.9 Å². The van der Waals surface area contributed by atoms with Crippen LogP contribution < -0.4 is 0 Å². The van der Waals surface area contributed by atoms with E-state index in [0.29, 0.717) is 0 Å². The Hall–Kier alpha value is -2.18. The van der Waals surface area contributed by atoms with Crippen LogP contribution in [0.3, 0.4) is 0 Å². The molecule has 0 radical (unpaired) electrons. The molecule has 0 N–H and O–H groups in total. The predicted molar refractivity (Wildman–Crippen MR) is 82.5 cm³/mol. The smallest absolute Gasteiger partial charge is 0.411 e. The maximum Gasteiger partial charge on any atom is 0.411 e. The summed E-state index contributed by atoms with van der Waals surface area (Å²) in [5, 5.41) is 0. The minimum absolute atomic E-state index is 0.0378. The van der Waals surface area contributed by atoms with E-state index in [0.717, 1.165) is 10.5 Å². The number of carbonyl (C=O) groups is 2. The van der Waals surface area contributed by atoms with Crippen LogP contribution in [0.15, 0.2) is 30.3 Å². The first-order valence-electron chi connectivity index (χ1n) is 7.65. The van der Waals surface area contributed by atoms with Gasteiger partial charge in [-0.25, -0.2) is 18.4 Å². The summed E-state index contributed by atoms with van der Waals surface area (Å²) < 4.78 is 37.6. The number of alkyl halides is 2. The zero-order valence-corrected chi connectivity index (χ0v) is 13.9. The lowest BCUT2D eigenvalue weighted by Gasteiger charge is -2.27. The topological polar surface area (TPSA) is 55.8 Å². The predicted octanol–water partition coefficient (Wildman–Crippen LogP) is 3.37. The number of hydrogen-bond acceptors (Lipinski definition) is 4. The van der Waals surface area contributed by atoms with Crippen molar-refractivity contribution >= 4 is 12.1 Å². The molecular weight excluding hydrogens is 320 g/mol. The van der Waals surface area contributed by atoms with E-state index in [4.69, 9.17) is 9.47 Å². The first-order valence-corrected chi connectivity index (χ1v) is 7.65. The molecule has 7 heteroatoms. The zero-order valence-electron chi connectivity index (χ0n) is 13.9. The zero-order chi connectivity index (χ0) is 18.0. The van der Waals surface area contributed by atoms with Gasteiger partial charge in [0.25, 0.3) is 5.92 Å². The second-order valence-corrected chi connectivity index (χ2v) is 6.78. The molecular formula is C17H21F2NO4. The van der Waals surface area contributed by atoms with Gasteiger partial charge in [-0.3, -0.25) is 4.90 Å². The lowest BCUT2D eigenvalue weighted by molar-refractivity contribution is -0.150. The number of esters is 1. The minimum Gasteiger partial charge on any atom is -0.459 e. The van der Waals surface area contributed by atoms with Crippen molar-refractivity contribution in [1.82, 2.24) is 4.90 Å². The van der Waals surface area contributed by atoms with Crippen molar-refractivity contribution in [1.29, 1.82) is 0 Å². The molecule has 2 rings (SSSR count). The fourth-order valence-electron chi connectivity index (χ4n) is 2.36. The Bertz CT molecular complexity index is 598. The maximum absolute atomic E-state index is 13.7. The molecule has 0 aromatic heterocycles. The van der Waals surface area contributed by atoms with E-state index >= 15 is 0 Å². The lowest BCUT2D eigenvalue weighted by Crippen LogP contribution is -2.44. The van der Waals surface area contributed by atoms with Crippen molar-refractivity contribution in [2.75, 3.05) is 6.54 Å². The Kier molecular flexibility index (Phi) is 5.11. The molecule has 1 aliphatic rings. The highest BCUT2D eigenvalue weighted by molar-refractivity contribution is 5.82. The monoisotopic (exact) mass is 341 g/mol. The van der Waals surface area contributed by atoms with Crippen LogP contribution in [-0.4, -0.2) is 41.1 Å². The fraction of sp³-hybridized carbons (Fsp3) is 0.529. The molecule has 0 spiro atoms. The maximum atomic E-state index is 13.7. The number of carbonyl (C=O) groups excluding carboxylic acids is 2. The molecule has 5 nitrogen and oxygen atoms in total. The summed E-state index contributed by atoms with van der Waals surface area (Å²) in [6.07, 6.45) is -1.71. The summed E-state index contributed by atoms with van der Waals surface area (Å²) in [7, 11) is 0. The Balaban J connectivity index is 2.04. The molecule has 1 aliphatic heterocycles. The van der Waals surface area contributed by atoms with Crippen molar-refractivity contribution < 1.29 is 27.8 Å². The highest BCUT2D eigenvalue weighted by Crippen LogP contribution is 2.33. The van der Waals surface area contributed by atoms with E-state index < -0.39 is 42.6 Å². The van der Waals surface area contributed by atoms with Gasteiger partial charge in [-0.15, -0.1) is 0 Å². The second kappa shape index (κ2) is 6.75. The number of nitrogens with zero attached hydrogens (tertiary/aromatic N) is 1. The van der Waals surface area contributed by atoms with Gasteiger partial charge in [0, 0.05) is 6.42 Å². The van der Waals surface area contributed by atoms with Crippen LogP contribution in [0.2, 0.25) is 0 Å². The molecule has 132 valence electrons. The number of hydrogen-bond donors (Lipinski definition) is 0. The van der Waals surface area contributed by atoms with Crippen molar-refractivity contribution in [3.05, 3.63) is 35.9 Å². The molecule has 1 amide bonds. The standard InChI is InChI=1S/C17H21F2NO4/c1-16(2,3)24-15(22)20-11-17(18,19)9-13(20)14(21)23-10-12-7-5-4-6-8-12/h4-8,13H,9-11H2,1-3H3/t13-/m0/s1. The highest BCUT2D eigenvalue weighted by atomic mass is 19.3. The molecule has 1 fully saturated rings. The number of amides is 1. The highest BCUT2D eigenvalue weighted by Gasteiger charge is 2.51. The van der Waals surface area contributed by atoms with E-state index in [-0.39, 0.29) is 6.61 Å². The second-order valence-electron chi connectivity index (χ2n) is 6.78. The van der Waals surface area contributed by atoms with Crippen molar-refractivity contribution in [3.63, 3.8) is 0 Å². The Morgan fingerprint density at radius 2 is 1.88 bits per heavy atom. The van der Waals surface area contributed by atoms with Crippen LogP contribution in [0.5, 0.6) is 0 Å². The van der Waals surface area contributed by atoms with E-state index in [1.807, 2.05) is 6.07 Å². The van der Waals surface area contributed by atoms with Crippen LogP contribution >= 0.6 is 0 Å². The van der Waals surface area contributed by atoms with Crippen LogP contribution in [0.1, 0.15) is 32.8 Å². The van der Waals surface area contributed by atoms with Gasteiger partial charge < -0.3 is 9.47 Å². The van der Waals surface area contributed by atoms with Gasteiger partial charge in [-0.1, -0.05) is 30.3 Å². The summed E-state index contributed by atoms with van der Waals surface area (Å²) in [6, 6.07) is 7.52. The molecule has 1 aromatic rings. The first-order chi connectivity index (χ1) is 11.1. The lowest BCUT2D eigenvalue weighted by atomic mass is 10.2. The molecule has 1 saturated heterocycles. The van der Waals surface area contributed by atoms with Crippen molar-refractivity contribution in [2.24, 2.45) is 0 Å². The third kappa shape index (κ3) is 4.91. The first kappa shape index (κ1) is 18.2.